The number of carbonyl (C=O) groups is 2. The van der Waals surface area contributed by atoms with Gasteiger partial charge in [-0.05, 0) is 18.2 Å². The molecule has 1 aliphatic carbocycles. The van der Waals surface area contributed by atoms with Crippen LogP contribution < -0.4 is 0 Å². The van der Waals surface area contributed by atoms with E-state index in [-0.39, 0.29) is 10.8 Å². The van der Waals surface area contributed by atoms with Gasteiger partial charge in [0.25, 0.3) is 0 Å². The predicted molar refractivity (Wildman–Crippen MR) is 47.3 cm³/mol. The van der Waals surface area contributed by atoms with Crippen molar-refractivity contribution in [3.63, 3.8) is 0 Å². The second-order valence-electron chi connectivity index (χ2n) is 2.29. The molecule has 0 fully saturated rings. The van der Waals surface area contributed by atoms with E-state index in [0.29, 0.717) is 5.71 Å². The van der Waals surface area contributed by atoms with E-state index in [1.807, 2.05) is 0 Å². The van der Waals surface area contributed by atoms with Crippen LogP contribution in [0.1, 0.15) is 6.92 Å². The molecule has 0 saturated carbocycles. The Morgan fingerprint density at radius 2 is 2.23 bits per heavy atom. The maximum Gasteiger partial charge on any atom is 0.331 e. The lowest BCUT2D eigenvalue weighted by atomic mass is 10.2. The molecule has 0 N–H and O–H groups in total. The normalized spacial score (nSPS) is 18.8. The molecule has 0 aromatic carbocycles. The van der Waals surface area contributed by atoms with Gasteiger partial charge in [0, 0.05) is 6.92 Å². The maximum absolute atomic E-state index is 10.8. The average Bonchev–Trinajstić information content (AvgIpc) is 2.07. The van der Waals surface area contributed by atoms with Crippen molar-refractivity contribution in [2.24, 2.45) is 5.16 Å². The van der Waals surface area contributed by atoms with Crippen molar-refractivity contribution in [1.82, 2.24) is 0 Å². The number of carbonyl (C=O) groups excluding carboxylic acids is 2. The molecule has 0 heterocycles. The number of allylic oxidation sites excluding steroid dienone is 4. The molecule has 0 unspecified atom stereocenters. The van der Waals surface area contributed by atoms with Crippen LogP contribution in [0.5, 0.6) is 0 Å². The Morgan fingerprint density at radius 3 is 2.77 bits per heavy atom. The SMILES string of the molecule is CC(=O)O/N=C1\C=CC(=O)C(Cl)=C1. The second kappa shape index (κ2) is 4.00. The van der Waals surface area contributed by atoms with E-state index >= 15 is 0 Å². The van der Waals surface area contributed by atoms with Gasteiger partial charge >= 0.3 is 5.97 Å². The van der Waals surface area contributed by atoms with Crippen molar-refractivity contribution in [2.45, 2.75) is 6.92 Å². The molecule has 0 bridgehead atoms. The molecule has 1 aliphatic rings. The molecule has 0 aromatic rings. The third-order valence-corrected chi connectivity index (χ3v) is 1.49. The zero-order valence-electron chi connectivity index (χ0n) is 6.78. The number of rotatable bonds is 1. The molecule has 5 heteroatoms. The number of halogens is 1. The highest BCUT2D eigenvalue weighted by Gasteiger charge is 2.09. The molecule has 0 radical (unpaired) electrons. The number of hydrogen-bond donors (Lipinski definition) is 0. The summed E-state index contributed by atoms with van der Waals surface area (Å²) in [7, 11) is 0. The van der Waals surface area contributed by atoms with Crippen molar-refractivity contribution in [1.29, 1.82) is 0 Å². The summed E-state index contributed by atoms with van der Waals surface area (Å²) in [4.78, 5) is 25.5. The number of hydrogen-bond acceptors (Lipinski definition) is 4. The lowest BCUT2D eigenvalue weighted by Gasteiger charge is -2.00. The van der Waals surface area contributed by atoms with Gasteiger partial charge in [0.15, 0.2) is 5.78 Å². The summed E-state index contributed by atoms with van der Waals surface area (Å²) in [6.07, 6.45) is 3.99. The lowest BCUT2D eigenvalue weighted by Crippen LogP contribution is -2.05. The summed E-state index contributed by atoms with van der Waals surface area (Å²) in [5, 5.41) is 3.48. The summed E-state index contributed by atoms with van der Waals surface area (Å²) in [5.74, 6) is -0.814. The number of nitrogens with zero attached hydrogens (tertiary/aromatic N) is 1. The molecule has 0 aromatic heterocycles. The Hall–Kier alpha value is -1.42. The fraction of sp³-hybridized carbons (Fsp3) is 0.125. The van der Waals surface area contributed by atoms with E-state index < -0.39 is 5.97 Å². The van der Waals surface area contributed by atoms with Gasteiger partial charge in [-0.2, -0.15) is 0 Å². The van der Waals surface area contributed by atoms with Gasteiger partial charge in [-0.1, -0.05) is 16.8 Å². The Morgan fingerprint density at radius 1 is 1.54 bits per heavy atom. The van der Waals surface area contributed by atoms with E-state index in [1.165, 1.54) is 25.2 Å². The Balaban J connectivity index is 2.74. The van der Waals surface area contributed by atoms with E-state index in [4.69, 9.17) is 11.6 Å². The molecule has 0 aliphatic heterocycles. The zero-order chi connectivity index (χ0) is 9.84. The van der Waals surface area contributed by atoms with Gasteiger partial charge in [-0.3, -0.25) is 4.79 Å². The zero-order valence-corrected chi connectivity index (χ0v) is 7.54. The first-order valence-corrected chi connectivity index (χ1v) is 3.82. The van der Waals surface area contributed by atoms with Gasteiger partial charge in [-0.15, -0.1) is 0 Å². The highest BCUT2D eigenvalue weighted by atomic mass is 35.5. The quantitative estimate of drug-likeness (QED) is 0.362. The minimum atomic E-state index is -0.526. The highest BCUT2D eigenvalue weighted by molar-refractivity contribution is 6.47. The number of ketones is 1. The van der Waals surface area contributed by atoms with Gasteiger partial charge in [-0.25, -0.2) is 4.79 Å². The third-order valence-electron chi connectivity index (χ3n) is 1.20. The second-order valence-corrected chi connectivity index (χ2v) is 2.70. The molecule has 13 heavy (non-hydrogen) atoms. The molecule has 0 saturated heterocycles. The summed E-state index contributed by atoms with van der Waals surface area (Å²) in [5.41, 5.74) is 0.333. The van der Waals surface area contributed by atoms with Crippen molar-refractivity contribution in [2.75, 3.05) is 0 Å². The van der Waals surface area contributed by atoms with Crippen LogP contribution in [0.15, 0.2) is 28.4 Å². The third kappa shape index (κ3) is 2.83. The predicted octanol–water partition coefficient (Wildman–Crippen LogP) is 1.17. The Bertz CT molecular complexity index is 341. The van der Waals surface area contributed by atoms with Crippen LogP contribution in [0.4, 0.5) is 0 Å². The van der Waals surface area contributed by atoms with Gasteiger partial charge in [0.1, 0.15) is 5.71 Å². The topological polar surface area (TPSA) is 55.7 Å². The minimum absolute atomic E-state index is 0.0494. The fourth-order valence-corrected chi connectivity index (χ4v) is 0.838. The first kappa shape index (κ1) is 9.67. The Labute approximate surface area is 79.5 Å². The Kier molecular flexibility index (Phi) is 2.97. The first-order valence-electron chi connectivity index (χ1n) is 3.45. The van der Waals surface area contributed by atoms with Crippen LogP contribution in [-0.2, 0) is 14.4 Å². The summed E-state index contributed by atoms with van der Waals surface area (Å²) < 4.78 is 0. The maximum atomic E-state index is 10.8. The minimum Gasteiger partial charge on any atom is -0.318 e. The van der Waals surface area contributed by atoms with Crippen LogP contribution in [0, 0.1) is 0 Å². The first-order chi connectivity index (χ1) is 6.09. The molecular weight excluding hydrogens is 194 g/mol. The van der Waals surface area contributed by atoms with Crippen molar-refractivity contribution < 1.29 is 14.4 Å². The summed E-state index contributed by atoms with van der Waals surface area (Å²) >= 11 is 5.52. The van der Waals surface area contributed by atoms with Gasteiger partial charge in [0.2, 0.25) is 0 Å². The largest absolute Gasteiger partial charge is 0.331 e. The van der Waals surface area contributed by atoms with Crippen LogP contribution in [0.3, 0.4) is 0 Å². The highest BCUT2D eigenvalue weighted by Crippen LogP contribution is 2.09. The standard InChI is InChI=1S/C8H6ClNO3/c1-5(11)13-10-6-2-3-8(12)7(9)4-6/h2-4H,1H3/b10-6+. The smallest absolute Gasteiger partial charge is 0.318 e. The van der Waals surface area contributed by atoms with E-state index in [0.717, 1.165) is 0 Å². The van der Waals surface area contributed by atoms with E-state index in [9.17, 15) is 9.59 Å². The molecule has 0 amide bonds. The molecule has 4 nitrogen and oxygen atoms in total. The van der Waals surface area contributed by atoms with Crippen molar-refractivity contribution in [3.8, 4) is 0 Å². The molecule has 68 valence electrons. The van der Waals surface area contributed by atoms with Crippen LogP contribution in [0.2, 0.25) is 0 Å². The summed E-state index contributed by atoms with van der Waals surface area (Å²) in [6, 6.07) is 0. The van der Waals surface area contributed by atoms with Crippen LogP contribution in [0.25, 0.3) is 0 Å². The average molecular weight is 200 g/mol. The molecule has 1 rings (SSSR count). The lowest BCUT2D eigenvalue weighted by molar-refractivity contribution is -0.140. The van der Waals surface area contributed by atoms with Gasteiger partial charge < -0.3 is 4.84 Å². The van der Waals surface area contributed by atoms with Crippen LogP contribution in [-0.4, -0.2) is 17.5 Å². The number of oxime groups is 1. The van der Waals surface area contributed by atoms with Crippen LogP contribution >= 0.6 is 11.6 Å². The monoisotopic (exact) mass is 199 g/mol. The van der Waals surface area contributed by atoms with Crippen molar-refractivity contribution in [3.05, 3.63) is 23.3 Å². The molecule has 0 spiro atoms. The van der Waals surface area contributed by atoms with Gasteiger partial charge in [0.05, 0.1) is 5.03 Å². The molecule has 0 atom stereocenters. The van der Waals surface area contributed by atoms with E-state index in [1.54, 1.807) is 0 Å². The fourth-order valence-electron chi connectivity index (χ4n) is 0.664. The van der Waals surface area contributed by atoms with Crippen molar-refractivity contribution >= 4 is 29.1 Å². The summed E-state index contributed by atoms with van der Waals surface area (Å²) in [6.45, 7) is 1.23. The van der Waals surface area contributed by atoms with E-state index in [2.05, 4.69) is 9.99 Å². The molecular formula is C8H6ClNO3.